The van der Waals surface area contributed by atoms with Crippen LogP contribution in [0.15, 0.2) is 5.38 Å². The molecule has 0 saturated carbocycles. The summed E-state index contributed by atoms with van der Waals surface area (Å²) in [5.41, 5.74) is 0.768. The van der Waals surface area contributed by atoms with E-state index in [2.05, 4.69) is 22.5 Å². The highest BCUT2D eigenvalue weighted by Crippen LogP contribution is 2.35. The molecule has 5 heteroatoms. The zero-order valence-electron chi connectivity index (χ0n) is 11.1. The number of amides is 1. The van der Waals surface area contributed by atoms with Crippen LogP contribution < -0.4 is 10.6 Å². The number of nitrogens with zero attached hydrogens (tertiary/aromatic N) is 1. The van der Waals surface area contributed by atoms with Crippen LogP contribution in [-0.4, -0.2) is 24.0 Å². The van der Waals surface area contributed by atoms with Crippen LogP contribution in [-0.2, 0) is 4.79 Å². The molecule has 1 aliphatic rings. The lowest BCUT2D eigenvalue weighted by molar-refractivity contribution is -0.127. The molecule has 0 unspecified atom stereocenters. The minimum Gasteiger partial charge on any atom is -0.317 e. The number of aryl methyl sites for hydroxylation is 1. The molecule has 0 radical (unpaired) electrons. The first-order valence-corrected chi connectivity index (χ1v) is 7.48. The standard InChI is InChI=1S/C13H21N3OS/c1-3-4-13(5-7-14-8-6-13)11(17)16-12-15-10(2)9-18-12/h9,14H,3-8H2,1-2H3,(H,15,16,17). The maximum Gasteiger partial charge on any atom is 0.232 e. The summed E-state index contributed by atoms with van der Waals surface area (Å²) in [7, 11) is 0. The average Bonchev–Trinajstić information content (AvgIpc) is 2.76. The first-order valence-electron chi connectivity index (χ1n) is 6.60. The highest BCUT2D eigenvalue weighted by Gasteiger charge is 2.38. The van der Waals surface area contributed by atoms with Gasteiger partial charge in [-0.15, -0.1) is 11.3 Å². The second kappa shape index (κ2) is 5.80. The summed E-state index contributed by atoms with van der Waals surface area (Å²) >= 11 is 1.50. The van der Waals surface area contributed by atoms with E-state index in [1.807, 2.05) is 12.3 Å². The molecule has 1 saturated heterocycles. The van der Waals surface area contributed by atoms with Gasteiger partial charge in [-0.25, -0.2) is 4.98 Å². The van der Waals surface area contributed by atoms with E-state index in [1.165, 1.54) is 11.3 Å². The highest BCUT2D eigenvalue weighted by molar-refractivity contribution is 7.13. The van der Waals surface area contributed by atoms with Gasteiger partial charge < -0.3 is 10.6 Å². The molecular weight excluding hydrogens is 246 g/mol. The van der Waals surface area contributed by atoms with Gasteiger partial charge in [-0.05, 0) is 39.3 Å². The summed E-state index contributed by atoms with van der Waals surface area (Å²) in [6.07, 6.45) is 3.86. The van der Waals surface area contributed by atoms with Crippen LogP contribution in [0.3, 0.4) is 0 Å². The molecule has 0 aromatic carbocycles. The summed E-state index contributed by atoms with van der Waals surface area (Å²) in [6.45, 7) is 5.96. The molecule has 2 N–H and O–H groups in total. The summed E-state index contributed by atoms with van der Waals surface area (Å²) in [5.74, 6) is 0.153. The van der Waals surface area contributed by atoms with Crippen LogP contribution in [0, 0.1) is 12.3 Å². The summed E-state index contributed by atoms with van der Waals surface area (Å²) < 4.78 is 0. The van der Waals surface area contributed by atoms with E-state index >= 15 is 0 Å². The third-order valence-electron chi connectivity index (χ3n) is 3.61. The molecule has 0 bridgehead atoms. The van der Waals surface area contributed by atoms with Crippen LogP contribution >= 0.6 is 11.3 Å². The normalized spacial score (nSPS) is 18.6. The van der Waals surface area contributed by atoms with E-state index in [0.717, 1.165) is 49.6 Å². The van der Waals surface area contributed by atoms with Crippen molar-refractivity contribution in [3.63, 3.8) is 0 Å². The Morgan fingerprint density at radius 3 is 2.83 bits per heavy atom. The predicted molar refractivity (Wildman–Crippen MR) is 74.9 cm³/mol. The Morgan fingerprint density at radius 2 is 2.28 bits per heavy atom. The second-order valence-electron chi connectivity index (χ2n) is 5.03. The summed E-state index contributed by atoms with van der Waals surface area (Å²) in [5, 5.41) is 9.02. The van der Waals surface area contributed by atoms with Crippen molar-refractivity contribution in [2.45, 2.75) is 39.5 Å². The molecule has 2 rings (SSSR count). The van der Waals surface area contributed by atoms with E-state index in [1.54, 1.807) is 0 Å². The number of piperidine rings is 1. The first kappa shape index (κ1) is 13.5. The third kappa shape index (κ3) is 2.90. The second-order valence-corrected chi connectivity index (χ2v) is 5.89. The largest absolute Gasteiger partial charge is 0.317 e. The molecule has 1 aromatic heterocycles. The number of aromatic nitrogens is 1. The van der Waals surface area contributed by atoms with Crippen LogP contribution in [0.2, 0.25) is 0 Å². The Bertz CT molecular complexity index is 405. The van der Waals surface area contributed by atoms with Crippen molar-refractivity contribution < 1.29 is 4.79 Å². The van der Waals surface area contributed by atoms with Crippen LogP contribution in [0.25, 0.3) is 0 Å². The maximum absolute atomic E-state index is 12.5. The first-order chi connectivity index (χ1) is 8.66. The zero-order valence-corrected chi connectivity index (χ0v) is 11.9. The van der Waals surface area contributed by atoms with Crippen molar-refractivity contribution in [1.29, 1.82) is 0 Å². The monoisotopic (exact) mass is 267 g/mol. The van der Waals surface area contributed by atoms with E-state index in [0.29, 0.717) is 0 Å². The number of anilines is 1. The lowest BCUT2D eigenvalue weighted by Crippen LogP contribution is -2.44. The van der Waals surface area contributed by atoms with Gasteiger partial charge in [-0.1, -0.05) is 13.3 Å². The predicted octanol–water partition coefficient (Wildman–Crippen LogP) is 2.56. The molecule has 4 nitrogen and oxygen atoms in total. The fourth-order valence-corrected chi connectivity index (χ4v) is 3.30. The van der Waals surface area contributed by atoms with E-state index in [9.17, 15) is 4.79 Å². The molecule has 0 aliphatic carbocycles. The van der Waals surface area contributed by atoms with Crippen molar-refractivity contribution in [1.82, 2.24) is 10.3 Å². The molecule has 0 atom stereocenters. The van der Waals surface area contributed by atoms with Gasteiger partial charge in [0.1, 0.15) is 0 Å². The Labute approximate surface area is 112 Å². The third-order valence-corrected chi connectivity index (χ3v) is 4.49. The van der Waals surface area contributed by atoms with Gasteiger partial charge in [-0.3, -0.25) is 4.79 Å². The number of thiazole rings is 1. The van der Waals surface area contributed by atoms with Crippen LogP contribution in [0.1, 0.15) is 38.3 Å². The molecule has 100 valence electrons. The fourth-order valence-electron chi connectivity index (χ4n) is 2.62. The lowest BCUT2D eigenvalue weighted by atomic mass is 9.74. The number of carbonyl (C=O) groups is 1. The Morgan fingerprint density at radius 1 is 1.56 bits per heavy atom. The highest BCUT2D eigenvalue weighted by atomic mass is 32.1. The molecule has 0 spiro atoms. The number of nitrogens with one attached hydrogen (secondary N) is 2. The van der Waals surface area contributed by atoms with Crippen molar-refractivity contribution in [2.75, 3.05) is 18.4 Å². The van der Waals surface area contributed by atoms with Crippen molar-refractivity contribution >= 4 is 22.4 Å². The van der Waals surface area contributed by atoms with Crippen LogP contribution in [0.5, 0.6) is 0 Å². The summed E-state index contributed by atoms with van der Waals surface area (Å²) in [6, 6.07) is 0. The summed E-state index contributed by atoms with van der Waals surface area (Å²) in [4.78, 5) is 16.8. The van der Waals surface area contributed by atoms with Gasteiger partial charge in [0.25, 0.3) is 0 Å². The van der Waals surface area contributed by atoms with Gasteiger partial charge in [0.05, 0.1) is 11.1 Å². The number of hydrogen-bond acceptors (Lipinski definition) is 4. The fraction of sp³-hybridized carbons (Fsp3) is 0.692. The van der Waals surface area contributed by atoms with Gasteiger partial charge >= 0.3 is 0 Å². The number of hydrogen-bond donors (Lipinski definition) is 2. The molecule has 18 heavy (non-hydrogen) atoms. The van der Waals surface area contributed by atoms with E-state index < -0.39 is 0 Å². The van der Waals surface area contributed by atoms with Crippen molar-refractivity contribution in [3.05, 3.63) is 11.1 Å². The van der Waals surface area contributed by atoms with Gasteiger partial charge in [-0.2, -0.15) is 0 Å². The minimum atomic E-state index is -0.195. The molecule has 1 fully saturated rings. The Balaban J connectivity index is 2.08. The topological polar surface area (TPSA) is 54.0 Å². The molecular formula is C13H21N3OS. The quantitative estimate of drug-likeness (QED) is 0.881. The SMILES string of the molecule is CCCC1(C(=O)Nc2nc(C)cs2)CCNCC1. The van der Waals surface area contributed by atoms with Crippen molar-refractivity contribution in [2.24, 2.45) is 5.41 Å². The maximum atomic E-state index is 12.5. The number of carbonyl (C=O) groups excluding carboxylic acids is 1. The lowest BCUT2D eigenvalue weighted by Gasteiger charge is -2.35. The van der Waals surface area contributed by atoms with Crippen molar-refractivity contribution in [3.8, 4) is 0 Å². The van der Waals surface area contributed by atoms with E-state index in [4.69, 9.17) is 0 Å². The van der Waals surface area contributed by atoms with Gasteiger partial charge in [0, 0.05) is 5.38 Å². The smallest absolute Gasteiger partial charge is 0.232 e. The molecule has 1 aromatic rings. The average molecular weight is 267 g/mol. The molecule has 1 amide bonds. The Hall–Kier alpha value is -0.940. The van der Waals surface area contributed by atoms with Gasteiger partial charge in [0.15, 0.2) is 5.13 Å². The molecule has 1 aliphatic heterocycles. The van der Waals surface area contributed by atoms with Gasteiger partial charge in [0.2, 0.25) is 5.91 Å². The Kier molecular flexibility index (Phi) is 4.35. The minimum absolute atomic E-state index is 0.153. The molecule has 2 heterocycles. The number of rotatable bonds is 4. The van der Waals surface area contributed by atoms with Crippen LogP contribution in [0.4, 0.5) is 5.13 Å². The van der Waals surface area contributed by atoms with E-state index in [-0.39, 0.29) is 11.3 Å². The zero-order chi connectivity index (χ0) is 13.0.